The largest absolute Gasteiger partial charge is 0.431 e. The molecule has 0 bridgehead atoms. The Morgan fingerprint density at radius 2 is 1.57 bits per heavy atom. The fourth-order valence-electron chi connectivity index (χ4n) is 10.7. The molecule has 17 atom stereocenters. The number of ether oxygens (including phenoxy) is 4. The highest BCUT2D eigenvalue weighted by Crippen LogP contribution is 2.70. The molecule has 13 nitrogen and oxygen atoms in total. The normalized spacial score (nSPS) is 51.3. The Hall–Kier alpha value is -1.75. The van der Waals surface area contributed by atoms with Crippen molar-refractivity contribution >= 4 is 0 Å². The molecule has 3 saturated carbocycles. The summed E-state index contributed by atoms with van der Waals surface area (Å²) < 4.78 is 28.7. The van der Waals surface area contributed by atoms with Crippen molar-refractivity contribution in [2.45, 2.75) is 151 Å². The molecule has 274 valence electrons. The molecule has 0 spiro atoms. The second-order valence-corrected chi connectivity index (χ2v) is 15.9. The minimum absolute atomic E-state index is 0.110. The minimum atomic E-state index is -1.66. The Labute approximate surface area is 285 Å². The number of hydrogen-bond acceptors (Lipinski definition) is 13. The van der Waals surface area contributed by atoms with Gasteiger partial charge in [0.2, 0.25) is 0 Å². The molecule has 2 saturated heterocycles. The molecule has 5 fully saturated rings. The first kappa shape index (κ1) is 35.6. The van der Waals surface area contributed by atoms with Crippen LogP contribution in [0.1, 0.15) is 83.6 Å². The molecular formula is C36H52O13. The first-order valence-corrected chi connectivity index (χ1v) is 17.9. The third-order valence-corrected chi connectivity index (χ3v) is 13.6. The predicted molar refractivity (Wildman–Crippen MR) is 171 cm³/mol. The summed E-state index contributed by atoms with van der Waals surface area (Å²) in [6.07, 6.45) is -3.69. The zero-order chi connectivity index (χ0) is 35.0. The van der Waals surface area contributed by atoms with Gasteiger partial charge < -0.3 is 59.1 Å². The van der Waals surface area contributed by atoms with Gasteiger partial charge in [-0.05, 0) is 93.1 Å². The topological polar surface area (TPSA) is 209 Å². The zero-order valence-electron chi connectivity index (χ0n) is 28.3. The molecule has 49 heavy (non-hydrogen) atoms. The van der Waals surface area contributed by atoms with E-state index in [0.717, 1.165) is 44.1 Å². The summed E-state index contributed by atoms with van der Waals surface area (Å²) in [4.78, 5) is 11.6. The smallest absolute Gasteiger partial charge is 0.335 e. The molecule has 7 rings (SSSR count). The summed E-state index contributed by atoms with van der Waals surface area (Å²) >= 11 is 0. The monoisotopic (exact) mass is 692 g/mol. The third-order valence-electron chi connectivity index (χ3n) is 13.6. The van der Waals surface area contributed by atoms with Crippen LogP contribution in [0, 0.1) is 22.7 Å². The Balaban J connectivity index is 1.01. The molecule has 4 aliphatic carbocycles. The lowest BCUT2D eigenvalue weighted by Crippen LogP contribution is -2.64. The van der Waals surface area contributed by atoms with Crippen LogP contribution in [0.3, 0.4) is 0 Å². The average Bonchev–Trinajstić information content (AvgIpc) is 3.36. The van der Waals surface area contributed by atoms with Crippen LogP contribution in [0.4, 0.5) is 0 Å². The molecule has 1 aromatic heterocycles. The van der Waals surface area contributed by atoms with Crippen molar-refractivity contribution < 1.29 is 59.1 Å². The molecular weight excluding hydrogens is 640 g/mol. The molecule has 13 heteroatoms. The van der Waals surface area contributed by atoms with Crippen LogP contribution >= 0.6 is 0 Å². The predicted octanol–water partition coefficient (Wildman–Crippen LogP) is 0.838. The zero-order valence-corrected chi connectivity index (χ0v) is 28.3. The van der Waals surface area contributed by atoms with Gasteiger partial charge in [0.25, 0.3) is 0 Å². The number of aliphatic hydroxyl groups excluding tert-OH is 6. The summed E-state index contributed by atoms with van der Waals surface area (Å²) in [5, 5.41) is 74.7. The lowest BCUT2D eigenvalue weighted by atomic mass is 9.45. The van der Waals surface area contributed by atoms with E-state index < -0.39 is 73.6 Å². The molecule has 3 heterocycles. The van der Waals surface area contributed by atoms with E-state index in [1.165, 1.54) is 11.6 Å². The maximum atomic E-state index is 12.5. The molecule has 2 aliphatic heterocycles. The van der Waals surface area contributed by atoms with E-state index in [4.69, 9.17) is 23.4 Å². The van der Waals surface area contributed by atoms with Gasteiger partial charge in [-0.3, -0.25) is 0 Å². The van der Waals surface area contributed by atoms with Crippen LogP contribution in [-0.2, 0) is 18.9 Å². The maximum absolute atomic E-state index is 12.5. The maximum Gasteiger partial charge on any atom is 0.335 e. The van der Waals surface area contributed by atoms with Crippen LogP contribution in [0.15, 0.2) is 39.3 Å². The molecule has 0 aromatic carbocycles. The van der Waals surface area contributed by atoms with Gasteiger partial charge >= 0.3 is 5.63 Å². The van der Waals surface area contributed by atoms with Crippen molar-refractivity contribution in [3.63, 3.8) is 0 Å². The lowest BCUT2D eigenvalue weighted by Gasteiger charge is -2.62. The van der Waals surface area contributed by atoms with Gasteiger partial charge in [0, 0.05) is 11.5 Å². The van der Waals surface area contributed by atoms with E-state index in [1.54, 1.807) is 13.2 Å². The minimum Gasteiger partial charge on any atom is -0.431 e. The number of allylic oxidation sites excluding steroid dienone is 1. The van der Waals surface area contributed by atoms with Crippen LogP contribution in [-0.4, -0.2) is 115 Å². The van der Waals surface area contributed by atoms with Gasteiger partial charge in [-0.15, -0.1) is 0 Å². The first-order valence-electron chi connectivity index (χ1n) is 17.9. The van der Waals surface area contributed by atoms with Crippen LogP contribution in [0.25, 0.3) is 0 Å². The lowest BCUT2D eigenvalue weighted by molar-refractivity contribution is -0.357. The van der Waals surface area contributed by atoms with E-state index in [1.807, 2.05) is 6.07 Å². The number of rotatable bonds is 6. The van der Waals surface area contributed by atoms with Gasteiger partial charge in [0.05, 0.1) is 30.7 Å². The van der Waals surface area contributed by atoms with Crippen molar-refractivity contribution in [3.8, 4) is 0 Å². The highest BCUT2D eigenvalue weighted by atomic mass is 16.7. The van der Waals surface area contributed by atoms with E-state index in [2.05, 4.69) is 19.9 Å². The number of aliphatic hydroxyl groups is 7. The molecule has 0 radical (unpaired) electrons. The van der Waals surface area contributed by atoms with Gasteiger partial charge in [-0.25, -0.2) is 4.79 Å². The molecule has 0 amide bonds. The van der Waals surface area contributed by atoms with Gasteiger partial charge in [0.15, 0.2) is 12.6 Å². The Kier molecular flexibility index (Phi) is 9.48. The highest BCUT2D eigenvalue weighted by Gasteiger charge is 2.67. The quantitative estimate of drug-likeness (QED) is 0.207. The average molecular weight is 693 g/mol. The summed E-state index contributed by atoms with van der Waals surface area (Å²) in [5.74, 6) is 0.572. The molecule has 0 unspecified atom stereocenters. The Morgan fingerprint density at radius 1 is 0.837 bits per heavy atom. The summed E-state index contributed by atoms with van der Waals surface area (Å²) in [6, 6.07) is 3.32. The highest BCUT2D eigenvalue weighted by molar-refractivity contribution is 5.31. The Bertz CT molecular complexity index is 1430. The van der Waals surface area contributed by atoms with Gasteiger partial charge in [-0.2, -0.15) is 0 Å². The van der Waals surface area contributed by atoms with E-state index in [-0.39, 0.29) is 34.4 Å². The summed E-state index contributed by atoms with van der Waals surface area (Å²) in [7, 11) is 0. The van der Waals surface area contributed by atoms with Gasteiger partial charge in [-0.1, -0.05) is 25.5 Å². The van der Waals surface area contributed by atoms with Crippen molar-refractivity contribution in [3.05, 3.63) is 46.0 Å². The van der Waals surface area contributed by atoms with Crippen LogP contribution < -0.4 is 5.63 Å². The number of fused-ring (bicyclic) bond motifs is 5. The van der Waals surface area contributed by atoms with Crippen LogP contribution in [0.2, 0.25) is 0 Å². The number of hydrogen-bond donors (Lipinski definition) is 7. The van der Waals surface area contributed by atoms with E-state index in [0.29, 0.717) is 18.8 Å². The SMILES string of the molecule is C[C@H]1O[C@H](O[C@H]2C=C3CC[C@@H]4[C@@H](CC[C@@]5(C)[C@H](c6ccc(=O)oc6)CC[C@]45O)[C@]3(C)CC2)[C@H](O)[C@H](O)[C@H]1O[C@H]1O[C@H](CO)[C@H](O)[C@@H](O)[C@H]1O. The second kappa shape index (κ2) is 13.0. The van der Waals surface area contributed by atoms with E-state index in [9.17, 15) is 40.5 Å². The second-order valence-electron chi connectivity index (χ2n) is 15.9. The van der Waals surface area contributed by atoms with E-state index >= 15 is 0 Å². The van der Waals surface area contributed by atoms with Crippen molar-refractivity contribution in [2.75, 3.05) is 6.61 Å². The first-order chi connectivity index (χ1) is 23.2. The Morgan fingerprint density at radius 3 is 2.29 bits per heavy atom. The fourth-order valence-corrected chi connectivity index (χ4v) is 10.7. The fraction of sp³-hybridized carbons (Fsp3) is 0.806. The third kappa shape index (κ3) is 5.68. The summed E-state index contributed by atoms with van der Waals surface area (Å²) in [5.41, 5.74) is 0.655. The molecule has 7 N–H and O–H groups in total. The van der Waals surface area contributed by atoms with Crippen molar-refractivity contribution in [2.24, 2.45) is 22.7 Å². The summed E-state index contributed by atoms with van der Waals surface area (Å²) in [6.45, 7) is 5.53. The van der Waals surface area contributed by atoms with Crippen molar-refractivity contribution in [1.82, 2.24) is 0 Å². The van der Waals surface area contributed by atoms with Crippen molar-refractivity contribution in [1.29, 1.82) is 0 Å². The molecule has 1 aromatic rings. The molecule has 6 aliphatic rings. The van der Waals surface area contributed by atoms with Gasteiger partial charge in [0.1, 0.15) is 42.7 Å². The van der Waals surface area contributed by atoms with Crippen LogP contribution in [0.5, 0.6) is 0 Å². The standard InChI is InChI=1S/C36H52O13/c1-17-31(49-33-29(42)27(40)26(39)24(15-37)48-33)28(41)30(43)32(46-17)47-20-8-11-34(2)19(14-20)5-6-23-22(34)9-12-35(3)21(10-13-36(23,35)44)18-4-7-25(38)45-16-18/h4,7,14,16-17,20-24,26-33,37,39-44H,5-6,8-13,15H2,1-3H3/t17-,20-,21+,22-,23-,24-,26+,27-,28+,29-,30-,31+,32-,33-,34-,35+,36+/m1/s1.